The van der Waals surface area contributed by atoms with E-state index in [2.05, 4.69) is 31.2 Å². The number of carbonyl (C=O) groups is 1. The van der Waals surface area contributed by atoms with Gasteiger partial charge < -0.3 is 4.74 Å². The molecule has 0 spiro atoms. The van der Waals surface area contributed by atoms with Gasteiger partial charge in [0, 0.05) is 5.92 Å². The average Bonchev–Trinajstić information content (AvgIpc) is 2.53. The number of hydrogen-bond donors (Lipinski definition) is 0. The van der Waals surface area contributed by atoms with E-state index in [9.17, 15) is 4.79 Å². The van der Waals surface area contributed by atoms with Crippen molar-refractivity contribution in [3.63, 3.8) is 0 Å². The first kappa shape index (κ1) is 8.30. The third-order valence-corrected chi connectivity index (χ3v) is 2.41. The summed E-state index contributed by atoms with van der Waals surface area (Å²) in [5.41, 5.74) is 2.45. The lowest BCUT2D eigenvalue weighted by Crippen LogP contribution is -1.96. The quantitative estimate of drug-likeness (QED) is 0.612. The SMILES string of the molecule is Cc1ccc([C@@H]2COC(=O)C2)cc1. The number of esters is 1. The minimum atomic E-state index is -0.0782. The van der Waals surface area contributed by atoms with Gasteiger partial charge in [-0.2, -0.15) is 0 Å². The molecule has 0 N–H and O–H groups in total. The molecular weight excluding hydrogens is 164 g/mol. The normalized spacial score (nSPS) is 21.6. The van der Waals surface area contributed by atoms with Crippen LogP contribution in [0.1, 0.15) is 23.5 Å². The van der Waals surface area contributed by atoms with Crippen LogP contribution in [0.3, 0.4) is 0 Å². The summed E-state index contributed by atoms with van der Waals surface area (Å²) < 4.78 is 4.91. The van der Waals surface area contributed by atoms with E-state index < -0.39 is 0 Å². The van der Waals surface area contributed by atoms with Crippen LogP contribution in [0, 0.1) is 6.92 Å². The summed E-state index contributed by atoms with van der Waals surface area (Å²) in [6.07, 6.45) is 0.531. The summed E-state index contributed by atoms with van der Waals surface area (Å²) in [6, 6.07) is 8.28. The van der Waals surface area contributed by atoms with Crippen molar-refractivity contribution in [3.05, 3.63) is 35.4 Å². The molecule has 2 rings (SSSR count). The van der Waals surface area contributed by atoms with Crippen LogP contribution in [0.2, 0.25) is 0 Å². The lowest BCUT2D eigenvalue weighted by atomic mass is 9.98. The highest BCUT2D eigenvalue weighted by Gasteiger charge is 2.24. The number of aryl methyl sites for hydroxylation is 1. The van der Waals surface area contributed by atoms with Crippen molar-refractivity contribution in [1.82, 2.24) is 0 Å². The molecule has 1 atom stereocenters. The third-order valence-electron chi connectivity index (χ3n) is 2.41. The zero-order chi connectivity index (χ0) is 9.26. The number of benzene rings is 1. The van der Waals surface area contributed by atoms with Crippen LogP contribution in [0.5, 0.6) is 0 Å². The topological polar surface area (TPSA) is 26.3 Å². The number of carbonyl (C=O) groups excluding carboxylic acids is 1. The molecule has 2 heteroatoms. The maximum absolute atomic E-state index is 10.9. The predicted octanol–water partition coefficient (Wildman–Crippen LogP) is 2.03. The fourth-order valence-corrected chi connectivity index (χ4v) is 1.57. The second kappa shape index (κ2) is 3.21. The number of ether oxygens (including phenoxy) is 1. The summed E-state index contributed by atoms with van der Waals surface area (Å²) in [5.74, 6) is 0.193. The van der Waals surface area contributed by atoms with Gasteiger partial charge in [0.2, 0.25) is 0 Å². The molecule has 1 aliphatic rings. The Bertz CT molecular complexity index is 313. The van der Waals surface area contributed by atoms with Crippen molar-refractivity contribution < 1.29 is 9.53 Å². The largest absolute Gasteiger partial charge is 0.465 e. The molecule has 1 heterocycles. The summed E-state index contributed by atoms with van der Waals surface area (Å²) in [7, 11) is 0. The average molecular weight is 176 g/mol. The molecule has 1 saturated heterocycles. The Kier molecular flexibility index (Phi) is 2.05. The van der Waals surface area contributed by atoms with Crippen LogP contribution >= 0.6 is 0 Å². The van der Waals surface area contributed by atoms with Crippen LogP contribution in [0.15, 0.2) is 24.3 Å². The molecule has 0 radical (unpaired) electrons. The summed E-state index contributed by atoms with van der Waals surface area (Å²) in [5, 5.41) is 0. The van der Waals surface area contributed by atoms with Crippen molar-refractivity contribution in [2.45, 2.75) is 19.3 Å². The highest BCUT2D eigenvalue weighted by molar-refractivity contribution is 5.72. The molecule has 1 aromatic rings. The first-order valence-electron chi connectivity index (χ1n) is 4.48. The van der Waals surface area contributed by atoms with Gasteiger partial charge in [-0.15, -0.1) is 0 Å². The maximum atomic E-state index is 10.9. The number of hydrogen-bond acceptors (Lipinski definition) is 2. The van der Waals surface area contributed by atoms with Crippen LogP contribution in [-0.2, 0) is 9.53 Å². The standard InChI is InChI=1S/C11H12O2/c1-8-2-4-9(5-3-8)10-6-11(12)13-7-10/h2-5,10H,6-7H2,1H3/t10-/m0/s1. The predicted molar refractivity (Wildman–Crippen MR) is 49.5 cm³/mol. The van der Waals surface area contributed by atoms with E-state index in [1.807, 2.05) is 0 Å². The van der Waals surface area contributed by atoms with Gasteiger partial charge in [0.05, 0.1) is 13.0 Å². The van der Waals surface area contributed by atoms with Crippen molar-refractivity contribution in [1.29, 1.82) is 0 Å². The smallest absolute Gasteiger partial charge is 0.306 e. The van der Waals surface area contributed by atoms with Crippen molar-refractivity contribution in [2.75, 3.05) is 6.61 Å². The lowest BCUT2D eigenvalue weighted by molar-refractivity contribution is -0.137. The Balaban J connectivity index is 2.17. The Labute approximate surface area is 77.5 Å². The second-order valence-corrected chi connectivity index (χ2v) is 3.49. The van der Waals surface area contributed by atoms with Gasteiger partial charge in [0.1, 0.15) is 0 Å². The van der Waals surface area contributed by atoms with E-state index in [0.29, 0.717) is 13.0 Å². The number of rotatable bonds is 1. The molecule has 1 aliphatic heterocycles. The molecule has 2 nitrogen and oxygen atoms in total. The molecule has 0 unspecified atom stereocenters. The Morgan fingerprint density at radius 3 is 2.54 bits per heavy atom. The van der Waals surface area contributed by atoms with Crippen LogP contribution in [-0.4, -0.2) is 12.6 Å². The monoisotopic (exact) mass is 176 g/mol. The summed E-state index contributed by atoms with van der Waals surface area (Å²) >= 11 is 0. The van der Waals surface area contributed by atoms with Crippen molar-refractivity contribution in [3.8, 4) is 0 Å². The van der Waals surface area contributed by atoms with E-state index >= 15 is 0 Å². The molecule has 0 saturated carbocycles. The zero-order valence-corrected chi connectivity index (χ0v) is 7.62. The fourth-order valence-electron chi connectivity index (χ4n) is 1.57. The van der Waals surface area contributed by atoms with Gasteiger partial charge in [0.25, 0.3) is 0 Å². The first-order chi connectivity index (χ1) is 6.25. The molecule has 13 heavy (non-hydrogen) atoms. The summed E-state index contributed by atoms with van der Waals surface area (Å²) in [6.45, 7) is 2.60. The summed E-state index contributed by atoms with van der Waals surface area (Å²) in [4.78, 5) is 10.9. The molecule has 1 aromatic carbocycles. The highest BCUT2D eigenvalue weighted by atomic mass is 16.5. The van der Waals surface area contributed by atoms with Gasteiger partial charge in [-0.3, -0.25) is 4.79 Å². The van der Waals surface area contributed by atoms with Gasteiger partial charge >= 0.3 is 5.97 Å². The molecule has 0 bridgehead atoms. The van der Waals surface area contributed by atoms with E-state index in [1.165, 1.54) is 11.1 Å². The van der Waals surface area contributed by atoms with E-state index in [4.69, 9.17) is 4.74 Å². The van der Waals surface area contributed by atoms with Gasteiger partial charge in [-0.05, 0) is 12.5 Å². The van der Waals surface area contributed by atoms with Crippen molar-refractivity contribution >= 4 is 5.97 Å². The van der Waals surface area contributed by atoms with Crippen molar-refractivity contribution in [2.24, 2.45) is 0 Å². The minimum Gasteiger partial charge on any atom is -0.465 e. The molecule has 68 valence electrons. The van der Waals surface area contributed by atoms with E-state index in [-0.39, 0.29) is 11.9 Å². The van der Waals surface area contributed by atoms with Crippen LogP contribution < -0.4 is 0 Å². The fraction of sp³-hybridized carbons (Fsp3) is 0.364. The maximum Gasteiger partial charge on any atom is 0.306 e. The van der Waals surface area contributed by atoms with E-state index in [0.717, 1.165) is 0 Å². The van der Waals surface area contributed by atoms with Gasteiger partial charge in [-0.25, -0.2) is 0 Å². The Morgan fingerprint density at radius 1 is 1.31 bits per heavy atom. The first-order valence-corrected chi connectivity index (χ1v) is 4.48. The molecular formula is C11H12O2. The third kappa shape index (κ3) is 1.72. The van der Waals surface area contributed by atoms with Gasteiger partial charge in [-0.1, -0.05) is 29.8 Å². The molecule has 0 aliphatic carbocycles. The minimum absolute atomic E-state index is 0.0782. The number of cyclic esters (lactones) is 1. The van der Waals surface area contributed by atoms with Gasteiger partial charge in [0.15, 0.2) is 0 Å². The van der Waals surface area contributed by atoms with Crippen LogP contribution in [0.25, 0.3) is 0 Å². The molecule has 0 amide bonds. The molecule has 1 fully saturated rings. The Hall–Kier alpha value is -1.31. The Morgan fingerprint density at radius 2 is 2.00 bits per heavy atom. The van der Waals surface area contributed by atoms with Crippen LogP contribution in [0.4, 0.5) is 0 Å². The lowest BCUT2D eigenvalue weighted by Gasteiger charge is -2.05. The van der Waals surface area contributed by atoms with E-state index in [1.54, 1.807) is 0 Å². The molecule has 0 aromatic heterocycles. The second-order valence-electron chi connectivity index (χ2n) is 3.49. The highest BCUT2D eigenvalue weighted by Crippen LogP contribution is 2.25. The zero-order valence-electron chi connectivity index (χ0n) is 7.62.